The Morgan fingerprint density at radius 2 is 2.15 bits per heavy atom. The number of hydrogen-bond donors (Lipinski definition) is 2. The Hall–Kier alpha value is -1.75. The van der Waals surface area contributed by atoms with Gasteiger partial charge in [-0.15, -0.1) is 0 Å². The fourth-order valence-corrected chi connectivity index (χ4v) is 1.70. The van der Waals surface area contributed by atoms with Crippen molar-refractivity contribution in [3.05, 3.63) is 23.8 Å². The Morgan fingerprint density at radius 3 is 2.75 bits per heavy atom. The predicted octanol–water partition coefficient (Wildman–Crippen LogP) is 1.73. The normalized spacial score (nSPS) is 10.4. The molecule has 0 aromatic heterocycles. The van der Waals surface area contributed by atoms with E-state index in [2.05, 4.69) is 19.2 Å². The Morgan fingerprint density at radius 1 is 1.40 bits per heavy atom. The highest BCUT2D eigenvalue weighted by atomic mass is 16.5. The number of para-hydroxylation sites is 1. The van der Waals surface area contributed by atoms with Crippen LogP contribution in [-0.2, 0) is 11.4 Å². The van der Waals surface area contributed by atoms with E-state index in [1.807, 2.05) is 0 Å². The van der Waals surface area contributed by atoms with Gasteiger partial charge in [0.2, 0.25) is 0 Å². The lowest BCUT2D eigenvalue weighted by atomic mass is 10.1. The third-order valence-electron chi connectivity index (χ3n) is 2.84. The number of hydrogen-bond acceptors (Lipinski definition) is 4. The molecular formula is C15H23NO4. The largest absolute Gasteiger partial charge is 0.493 e. The van der Waals surface area contributed by atoms with Crippen molar-refractivity contribution in [2.75, 3.05) is 20.3 Å². The fourth-order valence-electron chi connectivity index (χ4n) is 1.70. The molecule has 1 aromatic carbocycles. The molecule has 5 heteroatoms. The highest BCUT2D eigenvalue weighted by molar-refractivity contribution is 5.77. The summed E-state index contributed by atoms with van der Waals surface area (Å²) in [5.74, 6) is 1.29. The second kappa shape index (κ2) is 8.43. The van der Waals surface area contributed by atoms with Gasteiger partial charge in [0.05, 0.1) is 13.7 Å². The number of aliphatic hydroxyl groups excluding tert-OH is 1. The lowest BCUT2D eigenvalue weighted by Crippen LogP contribution is -2.30. The van der Waals surface area contributed by atoms with Crippen LogP contribution < -0.4 is 14.8 Å². The number of aliphatic hydroxyl groups is 1. The molecule has 1 amide bonds. The minimum atomic E-state index is -0.180. The molecule has 0 radical (unpaired) electrons. The third-order valence-corrected chi connectivity index (χ3v) is 2.84. The van der Waals surface area contributed by atoms with E-state index in [-0.39, 0.29) is 19.1 Å². The highest BCUT2D eigenvalue weighted by Gasteiger charge is 2.11. The molecule has 0 fully saturated rings. The monoisotopic (exact) mass is 281 g/mol. The van der Waals surface area contributed by atoms with E-state index in [9.17, 15) is 9.90 Å². The van der Waals surface area contributed by atoms with Gasteiger partial charge >= 0.3 is 0 Å². The molecule has 0 aliphatic carbocycles. The molecule has 1 rings (SSSR count). The lowest BCUT2D eigenvalue weighted by Gasteiger charge is -2.14. The zero-order valence-electron chi connectivity index (χ0n) is 12.3. The van der Waals surface area contributed by atoms with Crippen molar-refractivity contribution in [2.45, 2.75) is 26.9 Å². The Labute approximate surface area is 119 Å². The number of ether oxygens (including phenoxy) is 2. The molecule has 0 atom stereocenters. The number of benzene rings is 1. The number of carbonyl (C=O) groups excluding carboxylic acids is 1. The standard InChI is InChI=1S/C15H23NO4/c1-11(2)7-8-16-14(18)10-20-15-12(9-17)5-4-6-13(15)19-3/h4-6,11,17H,7-10H2,1-3H3,(H,16,18). The average Bonchev–Trinajstić information content (AvgIpc) is 2.44. The third kappa shape index (κ3) is 5.09. The lowest BCUT2D eigenvalue weighted by molar-refractivity contribution is -0.123. The number of nitrogens with one attached hydrogen (secondary N) is 1. The van der Waals surface area contributed by atoms with Gasteiger partial charge in [0.25, 0.3) is 5.91 Å². The number of rotatable bonds is 8. The van der Waals surface area contributed by atoms with E-state index in [0.29, 0.717) is 29.5 Å². The molecule has 0 bridgehead atoms. The van der Waals surface area contributed by atoms with E-state index in [0.717, 1.165) is 6.42 Å². The van der Waals surface area contributed by atoms with Gasteiger partial charge in [-0.1, -0.05) is 26.0 Å². The maximum Gasteiger partial charge on any atom is 0.257 e. The van der Waals surface area contributed by atoms with E-state index in [1.54, 1.807) is 18.2 Å². The summed E-state index contributed by atoms with van der Waals surface area (Å²) in [5, 5.41) is 12.1. The molecule has 0 aliphatic rings. The topological polar surface area (TPSA) is 67.8 Å². The van der Waals surface area contributed by atoms with Crippen molar-refractivity contribution >= 4 is 5.91 Å². The minimum Gasteiger partial charge on any atom is -0.493 e. The van der Waals surface area contributed by atoms with Crippen LogP contribution in [0.25, 0.3) is 0 Å². The Balaban J connectivity index is 2.54. The molecular weight excluding hydrogens is 258 g/mol. The summed E-state index contributed by atoms with van der Waals surface area (Å²) in [6.07, 6.45) is 0.933. The summed E-state index contributed by atoms with van der Waals surface area (Å²) in [5.41, 5.74) is 0.597. The van der Waals surface area contributed by atoms with E-state index >= 15 is 0 Å². The van der Waals surface area contributed by atoms with Crippen molar-refractivity contribution < 1.29 is 19.4 Å². The van der Waals surface area contributed by atoms with Crippen molar-refractivity contribution in [1.29, 1.82) is 0 Å². The summed E-state index contributed by atoms with van der Waals surface area (Å²) < 4.78 is 10.6. The molecule has 0 aliphatic heterocycles. The van der Waals surface area contributed by atoms with Crippen LogP contribution in [0.4, 0.5) is 0 Å². The second-order valence-corrected chi connectivity index (χ2v) is 4.93. The van der Waals surface area contributed by atoms with Crippen LogP contribution in [0.1, 0.15) is 25.8 Å². The van der Waals surface area contributed by atoms with Crippen LogP contribution in [0, 0.1) is 5.92 Å². The van der Waals surface area contributed by atoms with Crippen LogP contribution in [0.2, 0.25) is 0 Å². The summed E-state index contributed by atoms with van der Waals surface area (Å²) in [4.78, 5) is 11.7. The van der Waals surface area contributed by atoms with Crippen LogP contribution >= 0.6 is 0 Å². The molecule has 0 saturated carbocycles. The van der Waals surface area contributed by atoms with Gasteiger partial charge in [-0.05, 0) is 18.4 Å². The van der Waals surface area contributed by atoms with Gasteiger partial charge in [0, 0.05) is 12.1 Å². The summed E-state index contributed by atoms with van der Waals surface area (Å²) in [6, 6.07) is 5.22. The molecule has 0 saturated heterocycles. The van der Waals surface area contributed by atoms with Gasteiger partial charge in [0.15, 0.2) is 18.1 Å². The van der Waals surface area contributed by atoms with E-state index in [1.165, 1.54) is 7.11 Å². The number of methoxy groups -OCH3 is 1. The van der Waals surface area contributed by atoms with Crippen molar-refractivity contribution in [3.8, 4) is 11.5 Å². The van der Waals surface area contributed by atoms with Crippen LogP contribution in [0.15, 0.2) is 18.2 Å². The molecule has 2 N–H and O–H groups in total. The van der Waals surface area contributed by atoms with Crippen LogP contribution in [0.3, 0.4) is 0 Å². The predicted molar refractivity (Wildman–Crippen MR) is 76.9 cm³/mol. The zero-order valence-corrected chi connectivity index (χ0v) is 12.3. The first-order valence-electron chi connectivity index (χ1n) is 6.74. The summed E-state index contributed by atoms with van der Waals surface area (Å²) in [7, 11) is 1.52. The first kappa shape index (κ1) is 16.3. The van der Waals surface area contributed by atoms with Gasteiger partial charge in [-0.3, -0.25) is 4.79 Å². The maximum atomic E-state index is 11.7. The Bertz CT molecular complexity index is 410. The maximum absolute atomic E-state index is 11.7. The number of carbonyl (C=O) groups is 1. The summed E-state index contributed by atoms with van der Waals surface area (Å²) >= 11 is 0. The van der Waals surface area contributed by atoms with E-state index < -0.39 is 0 Å². The first-order chi connectivity index (χ1) is 9.58. The van der Waals surface area contributed by atoms with Gasteiger partial charge in [0.1, 0.15) is 0 Å². The minimum absolute atomic E-state index is 0.0918. The molecule has 20 heavy (non-hydrogen) atoms. The molecule has 0 heterocycles. The van der Waals surface area contributed by atoms with Crippen molar-refractivity contribution in [2.24, 2.45) is 5.92 Å². The van der Waals surface area contributed by atoms with Gasteiger partial charge in [-0.25, -0.2) is 0 Å². The SMILES string of the molecule is COc1cccc(CO)c1OCC(=O)NCCC(C)C. The van der Waals surface area contributed by atoms with Crippen molar-refractivity contribution in [1.82, 2.24) is 5.32 Å². The Kier molecular flexibility index (Phi) is 6.87. The number of amides is 1. The van der Waals surface area contributed by atoms with Gasteiger partial charge < -0.3 is 19.9 Å². The second-order valence-electron chi connectivity index (χ2n) is 4.93. The average molecular weight is 281 g/mol. The first-order valence-corrected chi connectivity index (χ1v) is 6.74. The summed E-state index contributed by atoms with van der Waals surface area (Å²) in [6.45, 7) is 4.58. The molecule has 0 spiro atoms. The molecule has 1 aromatic rings. The quantitative estimate of drug-likeness (QED) is 0.761. The van der Waals surface area contributed by atoms with Gasteiger partial charge in [-0.2, -0.15) is 0 Å². The van der Waals surface area contributed by atoms with Crippen molar-refractivity contribution in [3.63, 3.8) is 0 Å². The molecule has 0 unspecified atom stereocenters. The highest BCUT2D eigenvalue weighted by Crippen LogP contribution is 2.30. The van der Waals surface area contributed by atoms with Crippen LogP contribution in [-0.4, -0.2) is 31.3 Å². The van der Waals surface area contributed by atoms with E-state index in [4.69, 9.17) is 9.47 Å². The van der Waals surface area contributed by atoms with Crippen LogP contribution in [0.5, 0.6) is 11.5 Å². The fraction of sp³-hybridized carbons (Fsp3) is 0.533. The smallest absolute Gasteiger partial charge is 0.257 e. The molecule has 5 nitrogen and oxygen atoms in total. The molecule has 112 valence electrons. The zero-order chi connectivity index (χ0) is 15.0.